The molecule has 0 fully saturated rings. The molecule has 0 aliphatic carbocycles. The van der Waals surface area contributed by atoms with Gasteiger partial charge in [-0.3, -0.25) is 9.59 Å². The Morgan fingerprint density at radius 3 is 2.23 bits per heavy atom. The molecule has 0 aliphatic rings. The number of esters is 1. The SMILES string of the molecule is C[C@H](CC(=O)OCC(=O)Nc1ccc(C(F)(F)F)cc1)c1ccccc1. The van der Waals surface area contributed by atoms with Crippen LogP contribution in [-0.2, 0) is 20.5 Å². The first-order valence-electron chi connectivity index (χ1n) is 7.93. The lowest BCUT2D eigenvalue weighted by Gasteiger charge is -2.12. The quantitative estimate of drug-likeness (QED) is 0.773. The molecule has 1 atom stereocenters. The molecule has 0 bridgehead atoms. The van der Waals surface area contributed by atoms with Gasteiger partial charge in [0.15, 0.2) is 6.61 Å². The fraction of sp³-hybridized carbons (Fsp3) is 0.263. The Kier molecular flexibility index (Phi) is 6.38. The summed E-state index contributed by atoms with van der Waals surface area (Å²) in [6.07, 6.45) is -4.31. The molecule has 0 unspecified atom stereocenters. The van der Waals surface area contributed by atoms with E-state index >= 15 is 0 Å². The van der Waals surface area contributed by atoms with Gasteiger partial charge in [0.2, 0.25) is 0 Å². The van der Waals surface area contributed by atoms with Crippen molar-refractivity contribution in [1.29, 1.82) is 0 Å². The molecule has 0 saturated carbocycles. The Balaban J connectivity index is 1.78. The minimum Gasteiger partial charge on any atom is -0.456 e. The predicted molar refractivity (Wildman–Crippen MR) is 90.5 cm³/mol. The van der Waals surface area contributed by atoms with Crippen molar-refractivity contribution < 1.29 is 27.5 Å². The second-order valence-corrected chi connectivity index (χ2v) is 5.80. The zero-order chi connectivity index (χ0) is 19.2. The van der Waals surface area contributed by atoms with E-state index in [1.807, 2.05) is 37.3 Å². The number of amides is 1. The number of carbonyl (C=O) groups excluding carboxylic acids is 2. The highest BCUT2D eigenvalue weighted by Crippen LogP contribution is 2.29. The first-order chi connectivity index (χ1) is 12.3. The van der Waals surface area contributed by atoms with Crippen LogP contribution < -0.4 is 5.32 Å². The van der Waals surface area contributed by atoms with Gasteiger partial charge in [-0.25, -0.2) is 0 Å². The van der Waals surface area contributed by atoms with E-state index < -0.39 is 30.2 Å². The van der Waals surface area contributed by atoms with Crippen molar-refractivity contribution in [1.82, 2.24) is 0 Å². The van der Waals surface area contributed by atoms with Crippen molar-refractivity contribution in [3.8, 4) is 0 Å². The normalized spacial score (nSPS) is 12.3. The van der Waals surface area contributed by atoms with Gasteiger partial charge in [0, 0.05) is 5.69 Å². The second-order valence-electron chi connectivity index (χ2n) is 5.80. The van der Waals surface area contributed by atoms with Gasteiger partial charge in [0.1, 0.15) is 0 Å². The first-order valence-corrected chi connectivity index (χ1v) is 7.93. The summed E-state index contributed by atoms with van der Waals surface area (Å²) in [4.78, 5) is 23.6. The Labute approximate surface area is 149 Å². The summed E-state index contributed by atoms with van der Waals surface area (Å²) in [6, 6.07) is 13.4. The third-order valence-corrected chi connectivity index (χ3v) is 3.70. The number of carbonyl (C=O) groups is 2. The van der Waals surface area contributed by atoms with Crippen LogP contribution in [-0.4, -0.2) is 18.5 Å². The van der Waals surface area contributed by atoms with Crippen molar-refractivity contribution in [3.05, 3.63) is 65.7 Å². The lowest BCUT2D eigenvalue weighted by Crippen LogP contribution is -2.21. The maximum absolute atomic E-state index is 12.5. The van der Waals surface area contributed by atoms with E-state index in [1.165, 1.54) is 0 Å². The predicted octanol–water partition coefficient (Wildman–Crippen LogP) is 4.38. The molecule has 7 heteroatoms. The second kappa shape index (κ2) is 8.51. The van der Waals surface area contributed by atoms with Gasteiger partial charge in [-0.15, -0.1) is 0 Å². The third-order valence-electron chi connectivity index (χ3n) is 3.70. The van der Waals surface area contributed by atoms with Crippen LogP contribution in [0.1, 0.15) is 30.4 Å². The fourth-order valence-corrected chi connectivity index (χ4v) is 2.29. The number of halogens is 3. The Bertz CT molecular complexity index is 743. The van der Waals surface area contributed by atoms with Gasteiger partial charge in [-0.05, 0) is 35.7 Å². The van der Waals surface area contributed by atoms with E-state index in [-0.39, 0.29) is 18.0 Å². The summed E-state index contributed by atoms with van der Waals surface area (Å²) in [5.41, 5.74) is 0.368. The highest BCUT2D eigenvalue weighted by Gasteiger charge is 2.30. The Hall–Kier alpha value is -2.83. The molecule has 2 aromatic rings. The van der Waals surface area contributed by atoms with Crippen LogP contribution in [0.15, 0.2) is 54.6 Å². The molecule has 138 valence electrons. The van der Waals surface area contributed by atoms with E-state index in [0.29, 0.717) is 0 Å². The maximum Gasteiger partial charge on any atom is 0.416 e. The Morgan fingerprint density at radius 1 is 1.04 bits per heavy atom. The number of nitrogens with one attached hydrogen (secondary N) is 1. The zero-order valence-electron chi connectivity index (χ0n) is 14.0. The summed E-state index contributed by atoms with van der Waals surface area (Å²) < 4.78 is 42.3. The van der Waals surface area contributed by atoms with Crippen molar-refractivity contribution in [2.75, 3.05) is 11.9 Å². The lowest BCUT2D eigenvalue weighted by atomic mass is 9.98. The third kappa shape index (κ3) is 5.91. The molecule has 0 spiro atoms. The average Bonchev–Trinajstić information content (AvgIpc) is 2.60. The number of ether oxygens (including phenoxy) is 1. The molecule has 26 heavy (non-hydrogen) atoms. The fourth-order valence-electron chi connectivity index (χ4n) is 2.29. The minimum absolute atomic E-state index is 0.0540. The van der Waals surface area contributed by atoms with Crippen molar-refractivity contribution in [2.45, 2.75) is 25.4 Å². The minimum atomic E-state index is -4.44. The number of benzene rings is 2. The first kappa shape index (κ1) is 19.5. The number of hydrogen-bond acceptors (Lipinski definition) is 3. The molecule has 1 N–H and O–H groups in total. The monoisotopic (exact) mass is 365 g/mol. The molecule has 0 radical (unpaired) electrons. The molecule has 1 amide bonds. The summed E-state index contributed by atoms with van der Waals surface area (Å²) >= 11 is 0. The number of alkyl halides is 3. The summed E-state index contributed by atoms with van der Waals surface area (Å²) in [5, 5.41) is 2.38. The van der Waals surface area contributed by atoms with Gasteiger partial charge >= 0.3 is 12.1 Å². The van der Waals surface area contributed by atoms with Crippen LogP contribution in [0.3, 0.4) is 0 Å². The number of anilines is 1. The average molecular weight is 365 g/mol. The van der Waals surface area contributed by atoms with E-state index in [4.69, 9.17) is 4.74 Å². The van der Waals surface area contributed by atoms with E-state index in [9.17, 15) is 22.8 Å². The molecule has 2 aromatic carbocycles. The zero-order valence-corrected chi connectivity index (χ0v) is 14.0. The highest BCUT2D eigenvalue weighted by molar-refractivity contribution is 5.92. The van der Waals surface area contributed by atoms with E-state index in [2.05, 4.69) is 5.32 Å². The Morgan fingerprint density at radius 2 is 1.65 bits per heavy atom. The van der Waals surface area contributed by atoms with Gasteiger partial charge in [-0.1, -0.05) is 37.3 Å². The van der Waals surface area contributed by atoms with Crippen LogP contribution in [0.25, 0.3) is 0 Å². The summed E-state index contributed by atoms with van der Waals surface area (Å²) in [6.45, 7) is 1.38. The topological polar surface area (TPSA) is 55.4 Å². The summed E-state index contributed by atoms with van der Waals surface area (Å²) in [7, 11) is 0. The van der Waals surface area contributed by atoms with Crippen LogP contribution in [0.5, 0.6) is 0 Å². The molecular weight excluding hydrogens is 347 g/mol. The smallest absolute Gasteiger partial charge is 0.416 e. The van der Waals surface area contributed by atoms with Crippen LogP contribution in [0, 0.1) is 0 Å². The standard InChI is InChI=1S/C19H18F3NO3/c1-13(14-5-3-2-4-6-14)11-18(25)26-12-17(24)23-16-9-7-15(8-10-16)19(20,21)22/h2-10,13H,11-12H2,1H3,(H,23,24)/t13-/m1/s1. The molecule has 0 heterocycles. The molecule has 4 nitrogen and oxygen atoms in total. The van der Waals surface area contributed by atoms with Gasteiger partial charge in [0.25, 0.3) is 5.91 Å². The molecule has 2 rings (SSSR count). The van der Waals surface area contributed by atoms with Crippen LogP contribution in [0.2, 0.25) is 0 Å². The maximum atomic E-state index is 12.5. The van der Waals surface area contributed by atoms with E-state index in [0.717, 1.165) is 29.8 Å². The largest absolute Gasteiger partial charge is 0.456 e. The van der Waals surface area contributed by atoms with Crippen LogP contribution in [0.4, 0.5) is 18.9 Å². The summed E-state index contributed by atoms with van der Waals surface area (Å²) in [5.74, 6) is -1.20. The van der Waals surface area contributed by atoms with Crippen LogP contribution >= 0.6 is 0 Å². The van der Waals surface area contributed by atoms with E-state index in [1.54, 1.807) is 0 Å². The van der Waals surface area contributed by atoms with Crippen molar-refractivity contribution >= 4 is 17.6 Å². The molecule has 0 aromatic heterocycles. The number of hydrogen-bond donors (Lipinski definition) is 1. The lowest BCUT2D eigenvalue weighted by molar-refractivity contribution is -0.147. The molecule has 0 aliphatic heterocycles. The van der Waals surface area contributed by atoms with Gasteiger partial charge in [-0.2, -0.15) is 13.2 Å². The van der Waals surface area contributed by atoms with Crippen molar-refractivity contribution in [2.24, 2.45) is 0 Å². The van der Waals surface area contributed by atoms with Crippen molar-refractivity contribution in [3.63, 3.8) is 0 Å². The molecule has 0 saturated heterocycles. The van der Waals surface area contributed by atoms with Gasteiger partial charge < -0.3 is 10.1 Å². The number of rotatable bonds is 6. The molecular formula is C19H18F3NO3. The highest BCUT2D eigenvalue weighted by atomic mass is 19.4. The van der Waals surface area contributed by atoms with Gasteiger partial charge in [0.05, 0.1) is 12.0 Å².